The molecule has 0 saturated carbocycles. The van der Waals surface area contributed by atoms with Gasteiger partial charge in [0.2, 0.25) is 0 Å². The lowest BCUT2D eigenvalue weighted by Crippen LogP contribution is -2.28. The van der Waals surface area contributed by atoms with Gasteiger partial charge in [0.15, 0.2) is 6.10 Å². The maximum absolute atomic E-state index is 12.1. The van der Waals surface area contributed by atoms with E-state index in [1.165, 1.54) is 51.4 Å². The maximum Gasteiger partial charge on any atom is 0.306 e. The predicted octanol–water partition coefficient (Wildman–Crippen LogP) is 7.69. The van der Waals surface area contributed by atoms with Gasteiger partial charge in [0, 0.05) is 12.8 Å². The zero-order valence-corrected chi connectivity index (χ0v) is 27.3. The summed E-state index contributed by atoms with van der Waals surface area (Å²) in [7, 11) is 0. The van der Waals surface area contributed by atoms with Crippen LogP contribution in [0, 0.1) is 5.92 Å². The van der Waals surface area contributed by atoms with Crippen LogP contribution in [-0.2, 0) is 19.1 Å². The Balaban J connectivity index is 3.96. The summed E-state index contributed by atoms with van der Waals surface area (Å²) in [5, 5.41) is 29.5. The van der Waals surface area contributed by atoms with Crippen LogP contribution in [-0.4, -0.2) is 58.8 Å². The molecule has 0 aromatic heterocycles. The van der Waals surface area contributed by atoms with Crippen LogP contribution in [0.3, 0.4) is 0 Å². The molecule has 43 heavy (non-hydrogen) atoms. The van der Waals surface area contributed by atoms with Crippen molar-refractivity contribution in [3.8, 4) is 0 Å². The van der Waals surface area contributed by atoms with Crippen molar-refractivity contribution in [2.75, 3.05) is 13.2 Å². The number of carbonyl (C=O) groups is 2. The highest BCUT2D eigenvalue weighted by Gasteiger charge is 2.16. The second-order valence-corrected chi connectivity index (χ2v) is 11.5. The number of hydrogen-bond acceptors (Lipinski definition) is 7. The molecule has 0 amide bonds. The van der Waals surface area contributed by atoms with E-state index in [1.54, 1.807) is 36.5 Å². The van der Waals surface area contributed by atoms with Crippen LogP contribution < -0.4 is 0 Å². The summed E-state index contributed by atoms with van der Waals surface area (Å²) in [5.74, 6) is -0.0370. The van der Waals surface area contributed by atoms with Gasteiger partial charge in [0.25, 0.3) is 0 Å². The number of aliphatic hydroxyl groups is 3. The van der Waals surface area contributed by atoms with Crippen molar-refractivity contribution in [3.63, 3.8) is 0 Å². The van der Waals surface area contributed by atoms with E-state index in [9.17, 15) is 24.9 Å². The second-order valence-electron chi connectivity index (χ2n) is 11.5. The van der Waals surface area contributed by atoms with Crippen LogP contribution in [0.15, 0.2) is 48.6 Å². The first-order valence-electron chi connectivity index (χ1n) is 16.8. The average Bonchev–Trinajstić information content (AvgIpc) is 2.99. The van der Waals surface area contributed by atoms with Gasteiger partial charge in [-0.2, -0.15) is 0 Å². The minimum Gasteiger partial charge on any atom is -0.462 e. The van der Waals surface area contributed by atoms with Crippen molar-refractivity contribution in [2.45, 2.75) is 148 Å². The summed E-state index contributed by atoms with van der Waals surface area (Å²) < 4.78 is 10.4. The van der Waals surface area contributed by atoms with Gasteiger partial charge in [-0.25, -0.2) is 0 Å². The van der Waals surface area contributed by atoms with Crippen molar-refractivity contribution in [1.82, 2.24) is 0 Å². The molecule has 0 heterocycles. The normalized spacial score (nSPS) is 15.0. The molecular weight excluding hydrogens is 544 g/mol. The Labute approximate surface area is 262 Å². The number of esters is 2. The van der Waals surface area contributed by atoms with Crippen LogP contribution in [0.4, 0.5) is 0 Å². The van der Waals surface area contributed by atoms with E-state index in [4.69, 9.17) is 9.47 Å². The van der Waals surface area contributed by atoms with Gasteiger partial charge in [0.05, 0.1) is 18.8 Å². The first-order valence-corrected chi connectivity index (χ1v) is 16.8. The third kappa shape index (κ3) is 28.3. The Bertz CT molecular complexity index is 786. The molecule has 4 atom stereocenters. The number of ether oxygens (including phenoxy) is 2. The molecule has 0 saturated heterocycles. The van der Waals surface area contributed by atoms with E-state index in [2.05, 4.69) is 26.8 Å². The van der Waals surface area contributed by atoms with Crippen LogP contribution in [0.1, 0.15) is 130 Å². The molecule has 0 radical (unpaired) electrons. The Morgan fingerprint density at radius 1 is 0.721 bits per heavy atom. The molecule has 0 spiro atoms. The summed E-state index contributed by atoms with van der Waals surface area (Å²) in [6.07, 6.45) is 28.1. The summed E-state index contributed by atoms with van der Waals surface area (Å²) in [6.45, 7) is 6.13. The van der Waals surface area contributed by atoms with Crippen LogP contribution in [0.5, 0.6) is 0 Å². The molecule has 0 aliphatic rings. The predicted molar refractivity (Wildman–Crippen MR) is 175 cm³/mol. The van der Waals surface area contributed by atoms with Gasteiger partial charge in [-0.3, -0.25) is 9.59 Å². The summed E-state index contributed by atoms with van der Waals surface area (Å²) in [4.78, 5) is 24.1. The lowest BCUT2D eigenvalue weighted by molar-refractivity contribution is -0.161. The largest absolute Gasteiger partial charge is 0.462 e. The molecule has 0 aromatic rings. The fourth-order valence-electron chi connectivity index (χ4n) is 4.31. The van der Waals surface area contributed by atoms with E-state index >= 15 is 0 Å². The highest BCUT2D eigenvalue weighted by molar-refractivity contribution is 5.70. The molecule has 1 unspecified atom stereocenters. The Morgan fingerprint density at radius 3 is 2.05 bits per heavy atom. The smallest absolute Gasteiger partial charge is 0.306 e. The van der Waals surface area contributed by atoms with E-state index in [1.807, 2.05) is 6.08 Å². The number of aliphatic hydroxyl groups excluding tert-OH is 3. The van der Waals surface area contributed by atoms with Crippen LogP contribution >= 0.6 is 0 Å². The summed E-state index contributed by atoms with van der Waals surface area (Å²) in [5.41, 5.74) is 0. The summed E-state index contributed by atoms with van der Waals surface area (Å²) in [6, 6.07) is 0. The number of allylic oxidation sites excluding steroid dienone is 5. The molecule has 0 fully saturated rings. The minimum atomic E-state index is -0.884. The highest BCUT2D eigenvalue weighted by atomic mass is 16.6. The van der Waals surface area contributed by atoms with Crippen molar-refractivity contribution < 1.29 is 34.4 Å². The van der Waals surface area contributed by atoms with Gasteiger partial charge < -0.3 is 24.8 Å². The van der Waals surface area contributed by atoms with Crippen LogP contribution in [0.2, 0.25) is 0 Å². The molecule has 0 aliphatic heterocycles. The number of hydrogen-bond donors (Lipinski definition) is 3. The first kappa shape index (κ1) is 40.8. The van der Waals surface area contributed by atoms with E-state index in [0.717, 1.165) is 31.6 Å². The molecule has 0 aliphatic carbocycles. The van der Waals surface area contributed by atoms with Gasteiger partial charge in [-0.05, 0) is 44.4 Å². The van der Waals surface area contributed by atoms with Crippen molar-refractivity contribution >= 4 is 11.9 Å². The van der Waals surface area contributed by atoms with Crippen molar-refractivity contribution in [2.24, 2.45) is 5.92 Å². The van der Waals surface area contributed by atoms with E-state index < -0.39 is 30.9 Å². The fraction of sp³-hybridized carbons (Fsp3) is 0.722. The first-order chi connectivity index (χ1) is 20.8. The SMILES string of the molecule is CCCCC/C=C\C[C@H](O)/C=C/C=C/C=C\[C@H](O)CCCC(=O)O[C@@H](CO)COC(=O)CCCCCCCCC(C)CC. The third-order valence-electron chi connectivity index (χ3n) is 7.36. The molecule has 0 aromatic carbocycles. The Hall–Kier alpha value is -2.22. The lowest BCUT2D eigenvalue weighted by Gasteiger charge is -2.16. The monoisotopic (exact) mass is 606 g/mol. The molecule has 0 bridgehead atoms. The molecular formula is C36H62O7. The third-order valence-corrected chi connectivity index (χ3v) is 7.36. The summed E-state index contributed by atoms with van der Waals surface area (Å²) >= 11 is 0. The fourth-order valence-corrected chi connectivity index (χ4v) is 4.31. The standard InChI is InChI=1S/C36H62O7/c1-4-6-7-8-12-17-23-32(38)24-18-14-15-19-25-33(39)26-21-28-36(41)43-34(29-37)30-42-35(40)27-20-13-10-9-11-16-22-31(3)5-2/h12,14-15,17-19,24-25,31-34,37-39H,4-11,13,16,20-23,26-30H2,1-3H3/b15-14+,17-12-,24-18+,25-19-/t31?,32-,33-,34-/m0/s1. The molecule has 248 valence electrons. The number of unbranched alkanes of at least 4 members (excludes halogenated alkanes) is 8. The molecule has 7 heteroatoms. The second kappa shape index (κ2) is 29.8. The minimum absolute atomic E-state index is 0.0935. The lowest BCUT2D eigenvalue weighted by atomic mass is 10.00. The zero-order chi connectivity index (χ0) is 32.0. The average molecular weight is 607 g/mol. The Morgan fingerprint density at radius 2 is 1.37 bits per heavy atom. The van der Waals surface area contributed by atoms with Gasteiger partial charge in [-0.1, -0.05) is 127 Å². The quantitative estimate of drug-likeness (QED) is 0.0362. The van der Waals surface area contributed by atoms with Gasteiger partial charge >= 0.3 is 11.9 Å². The Kier molecular flexibility index (Phi) is 28.3. The van der Waals surface area contributed by atoms with E-state index in [-0.39, 0.29) is 19.0 Å². The maximum atomic E-state index is 12.1. The van der Waals surface area contributed by atoms with Crippen LogP contribution in [0.25, 0.3) is 0 Å². The van der Waals surface area contributed by atoms with Gasteiger partial charge in [-0.15, -0.1) is 0 Å². The highest BCUT2D eigenvalue weighted by Crippen LogP contribution is 2.15. The molecule has 3 N–H and O–H groups in total. The van der Waals surface area contributed by atoms with Crippen molar-refractivity contribution in [1.29, 1.82) is 0 Å². The molecule has 0 rings (SSSR count). The van der Waals surface area contributed by atoms with E-state index in [0.29, 0.717) is 25.7 Å². The topological polar surface area (TPSA) is 113 Å². The number of rotatable bonds is 28. The molecule has 7 nitrogen and oxygen atoms in total. The van der Waals surface area contributed by atoms with Gasteiger partial charge in [0.1, 0.15) is 6.61 Å². The number of carbonyl (C=O) groups excluding carboxylic acids is 2. The van der Waals surface area contributed by atoms with Crippen molar-refractivity contribution in [3.05, 3.63) is 48.6 Å². The zero-order valence-electron chi connectivity index (χ0n) is 27.3.